The van der Waals surface area contributed by atoms with Crippen LogP contribution in [0.1, 0.15) is 19.4 Å². The van der Waals surface area contributed by atoms with Gasteiger partial charge in [0.2, 0.25) is 0 Å². The summed E-state index contributed by atoms with van der Waals surface area (Å²) in [6, 6.07) is 13.9. The molecule has 0 aromatic heterocycles. The number of halogens is 2. The number of esters is 2. The van der Waals surface area contributed by atoms with E-state index < -0.39 is 23.6 Å². The van der Waals surface area contributed by atoms with E-state index in [0.29, 0.717) is 33.6 Å². The van der Waals surface area contributed by atoms with Crippen molar-refractivity contribution >= 4 is 11.9 Å². The molecule has 3 rings (SSSR count). The predicted molar refractivity (Wildman–Crippen MR) is 134 cm³/mol. The van der Waals surface area contributed by atoms with Crippen molar-refractivity contribution in [2.75, 3.05) is 13.2 Å². The Morgan fingerprint density at radius 2 is 1.33 bits per heavy atom. The Morgan fingerprint density at radius 3 is 1.92 bits per heavy atom. The van der Waals surface area contributed by atoms with Crippen LogP contribution in [0.25, 0.3) is 22.3 Å². The van der Waals surface area contributed by atoms with E-state index in [1.54, 1.807) is 43.3 Å². The van der Waals surface area contributed by atoms with Crippen LogP contribution in [-0.2, 0) is 14.3 Å². The summed E-state index contributed by atoms with van der Waals surface area (Å²) in [6.45, 7) is 12.1. The molecule has 0 bridgehead atoms. The van der Waals surface area contributed by atoms with Crippen LogP contribution in [-0.4, -0.2) is 25.2 Å². The molecule has 0 unspecified atom stereocenters. The maximum Gasteiger partial charge on any atom is 0.338 e. The maximum atomic E-state index is 15.0. The molecule has 0 radical (unpaired) electrons. The zero-order chi connectivity index (χ0) is 26.4. The van der Waals surface area contributed by atoms with Crippen LogP contribution in [0.3, 0.4) is 0 Å². The number of hydrogen-bond acceptors (Lipinski definition) is 5. The van der Waals surface area contributed by atoms with E-state index in [0.717, 1.165) is 5.56 Å². The summed E-state index contributed by atoms with van der Waals surface area (Å²) in [5, 5.41) is 0. The fourth-order valence-electron chi connectivity index (χ4n) is 3.27. The first-order valence-corrected chi connectivity index (χ1v) is 11.1. The van der Waals surface area contributed by atoms with Gasteiger partial charge in [0.15, 0.2) is 11.6 Å². The number of rotatable bonds is 9. The molecule has 0 heterocycles. The zero-order valence-electron chi connectivity index (χ0n) is 20.3. The summed E-state index contributed by atoms with van der Waals surface area (Å²) < 4.78 is 45.1. The Morgan fingerprint density at radius 1 is 0.750 bits per heavy atom. The molecule has 3 aromatic rings. The molecule has 3 aromatic carbocycles. The largest absolute Gasteiger partial charge is 0.490 e. The highest BCUT2D eigenvalue weighted by Gasteiger charge is 2.14. The van der Waals surface area contributed by atoms with Crippen molar-refractivity contribution in [3.63, 3.8) is 0 Å². The molecule has 0 saturated carbocycles. The molecule has 36 heavy (non-hydrogen) atoms. The van der Waals surface area contributed by atoms with Gasteiger partial charge in [0.1, 0.15) is 24.8 Å². The molecule has 0 amide bonds. The predicted octanol–water partition coefficient (Wildman–Crippen LogP) is 6.59. The molecule has 7 heteroatoms. The lowest BCUT2D eigenvalue weighted by Crippen LogP contribution is -2.12. The van der Waals surface area contributed by atoms with Gasteiger partial charge in [-0.2, -0.15) is 0 Å². The summed E-state index contributed by atoms with van der Waals surface area (Å²) >= 11 is 0. The van der Waals surface area contributed by atoms with E-state index in [1.165, 1.54) is 25.1 Å². The van der Waals surface area contributed by atoms with Gasteiger partial charge >= 0.3 is 11.9 Å². The van der Waals surface area contributed by atoms with Crippen molar-refractivity contribution < 1.29 is 32.6 Å². The molecule has 0 aliphatic heterocycles. The van der Waals surface area contributed by atoms with Gasteiger partial charge in [0.05, 0.1) is 0 Å². The lowest BCUT2D eigenvalue weighted by Gasteiger charge is -2.12. The minimum absolute atomic E-state index is 0.0842. The molecule has 0 saturated heterocycles. The van der Waals surface area contributed by atoms with Gasteiger partial charge in [0, 0.05) is 16.7 Å². The van der Waals surface area contributed by atoms with E-state index in [1.807, 2.05) is 6.92 Å². The van der Waals surface area contributed by atoms with Crippen LogP contribution in [0.5, 0.6) is 11.5 Å². The number of carbonyl (C=O) groups is 2. The van der Waals surface area contributed by atoms with Crippen molar-refractivity contribution in [2.45, 2.75) is 20.8 Å². The lowest BCUT2D eigenvalue weighted by atomic mass is 9.98. The second-order valence-corrected chi connectivity index (χ2v) is 8.25. The molecular weight excluding hydrogens is 466 g/mol. The highest BCUT2D eigenvalue weighted by molar-refractivity contribution is 5.89. The van der Waals surface area contributed by atoms with Crippen molar-refractivity contribution in [3.8, 4) is 33.8 Å². The van der Waals surface area contributed by atoms with Gasteiger partial charge in [0.25, 0.3) is 0 Å². The van der Waals surface area contributed by atoms with Gasteiger partial charge in [-0.3, -0.25) is 0 Å². The number of hydrogen-bond donors (Lipinski definition) is 0. The summed E-state index contributed by atoms with van der Waals surface area (Å²) in [5.74, 6) is -2.07. The van der Waals surface area contributed by atoms with Crippen LogP contribution in [0.2, 0.25) is 0 Å². The first kappa shape index (κ1) is 26.3. The van der Waals surface area contributed by atoms with E-state index in [4.69, 9.17) is 14.2 Å². The summed E-state index contributed by atoms with van der Waals surface area (Å²) in [6.07, 6.45) is 0. The maximum absolute atomic E-state index is 15.0. The second-order valence-electron chi connectivity index (χ2n) is 8.25. The minimum Gasteiger partial charge on any atom is -0.490 e. The van der Waals surface area contributed by atoms with Crippen LogP contribution < -0.4 is 9.47 Å². The SMILES string of the molecule is C=C(C)C(=O)OCCOc1ccc(-c2ccc(-c3ccc(OC(=O)C(=C)C)c(F)c3)cc2F)cc1C. The summed E-state index contributed by atoms with van der Waals surface area (Å²) in [5.41, 5.74) is 3.16. The molecular formula is C29H26F2O5. The number of benzene rings is 3. The molecule has 186 valence electrons. The molecule has 0 aliphatic rings. The lowest BCUT2D eigenvalue weighted by molar-refractivity contribution is -0.139. The molecule has 0 atom stereocenters. The van der Waals surface area contributed by atoms with E-state index in [2.05, 4.69) is 13.2 Å². The van der Waals surface area contributed by atoms with Gasteiger partial charge in [-0.1, -0.05) is 37.4 Å². The monoisotopic (exact) mass is 492 g/mol. The highest BCUT2D eigenvalue weighted by atomic mass is 19.1. The number of ether oxygens (including phenoxy) is 3. The Hall–Kier alpha value is -4.26. The average molecular weight is 493 g/mol. The quantitative estimate of drug-likeness (QED) is 0.146. The third kappa shape index (κ3) is 6.44. The standard InChI is InChI=1S/C29H26F2O5/c1-17(2)28(32)35-13-12-34-26-10-8-22(14-19(26)5)23-9-6-20(15-24(23)30)21-7-11-27(25(31)16-21)36-29(33)18(3)4/h6-11,14-16H,1,3,12-13H2,2,4-5H3. The molecule has 5 nitrogen and oxygen atoms in total. The van der Waals surface area contributed by atoms with Gasteiger partial charge in [-0.25, -0.2) is 18.4 Å². The van der Waals surface area contributed by atoms with Crippen molar-refractivity contribution in [2.24, 2.45) is 0 Å². The normalized spacial score (nSPS) is 10.5. The van der Waals surface area contributed by atoms with Crippen LogP contribution in [0.4, 0.5) is 8.78 Å². The third-order valence-electron chi connectivity index (χ3n) is 5.19. The topological polar surface area (TPSA) is 61.8 Å². The molecule has 0 N–H and O–H groups in total. The van der Waals surface area contributed by atoms with Crippen molar-refractivity contribution in [3.05, 3.63) is 96.1 Å². The minimum atomic E-state index is -0.743. The third-order valence-corrected chi connectivity index (χ3v) is 5.19. The number of aryl methyl sites for hydroxylation is 1. The summed E-state index contributed by atoms with van der Waals surface area (Å²) in [4.78, 5) is 23.0. The summed E-state index contributed by atoms with van der Waals surface area (Å²) in [7, 11) is 0. The first-order chi connectivity index (χ1) is 17.1. The fraction of sp³-hybridized carbons (Fsp3) is 0.172. The van der Waals surface area contributed by atoms with Crippen molar-refractivity contribution in [1.29, 1.82) is 0 Å². The Bertz CT molecular complexity index is 1340. The zero-order valence-corrected chi connectivity index (χ0v) is 20.3. The molecule has 0 aliphatic carbocycles. The van der Waals surface area contributed by atoms with Crippen molar-refractivity contribution in [1.82, 2.24) is 0 Å². The smallest absolute Gasteiger partial charge is 0.338 e. The molecule has 0 fully saturated rings. The Labute approximate surface area is 208 Å². The fourth-order valence-corrected chi connectivity index (χ4v) is 3.27. The van der Waals surface area contributed by atoms with Gasteiger partial charge in [-0.15, -0.1) is 0 Å². The Balaban J connectivity index is 1.72. The van der Waals surface area contributed by atoms with E-state index in [-0.39, 0.29) is 24.5 Å². The van der Waals surface area contributed by atoms with E-state index >= 15 is 4.39 Å². The number of carbonyl (C=O) groups excluding carboxylic acids is 2. The second kappa shape index (κ2) is 11.4. The average Bonchev–Trinajstić information content (AvgIpc) is 2.83. The Kier molecular flexibility index (Phi) is 8.38. The first-order valence-electron chi connectivity index (χ1n) is 11.1. The van der Waals surface area contributed by atoms with Crippen LogP contribution in [0, 0.1) is 18.6 Å². The van der Waals surface area contributed by atoms with Gasteiger partial charge in [-0.05, 0) is 73.4 Å². The molecule has 0 spiro atoms. The highest BCUT2D eigenvalue weighted by Crippen LogP contribution is 2.32. The van der Waals surface area contributed by atoms with E-state index in [9.17, 15) is 14.0 Å². The van der Waals surface area contributed by atoms with Gasteiger partial charge < -0.3 is 14.2 Å². The van der Waals surface area contributed by atoms with Crippen LogP contribution in [0.15, 0.2) is 78.9 Å². The van der Waals surface area contributed by atoms with Crippen LogP contribution >= 0.6 is 0 Å².